The molecule has 0 bridgehead atoms. The van der Waals surface area contributed by atoms with E-state index >= 15 is 0 Å². The largest absolute Gasteiger partial charge is 0.358 e. The van der Waals surface area contributed by atoms with Crippen molar-refractivity contribution in [2.45, 2.75) is 25.8 Å². The average molecular weight is 412 g/mol. The van der Waals surface area contributed by atoms with Crippen molar-refractivity contribution in [2.75, 3.05) is 16.8 Å². The maximum Gasteiger partial charge on any atom is 0.228 e. The van der Waals surface area contributed by atoms with Gasteiger partial charge in [0.25, 0.3) is 0 Å². The first-order chi connectivity index (χ1) is 14.2. The van der Waals surface area contributed by atoms with Gasteiger partial charge in [0.1, 0.15) is 10.7 Å². The predicted molar refractivity (Wildman–Crippen MR) is 106 cm³/mol. The fraction of sp³-hybridized carbons (Fsp3) is 0.278. The number of H-pyrrole nitrogens is 1. The van der Waals surface area contributed by atoms with E-state index in [0.29, 0.717) is 17.5 Å². The van der Waals surface area contributed by atoms with Crippen LogP contribution < -0.4 is 10.2 Å². The van der Waals surface area contributed by atoms with E-state index in [9.17, 15) is 4.39 Å². The monoisotopic (exact) mass is 412 g/mol. The zero-order valence-corrected chi connectivity index (χ0v) is 16.3. The molecule has 1 aliphatic rings. The Balaban J connectivity index is 1.42. The fourth-order valence-electron chi connectivity index (χ4n) is 3.39. The van der Waals surface area contributed by atoms with Crippen molar-refractivity contribution < 1.29 is 8.91 Å². The van der Waals surface area contributed by atoms with Crippen LogP contribution in [0.4, 0.5) is 22.0 Å². The lowest BCUT2D eigenvalue weighted by Gasteiger charge is -2.22. The molecule has 0 unspecified atom stereocenters. The molecule has 0 saturated carbocycles. The van der Waals surface area contributed by atoms with Crippen LogP contribution in [0, 0.1) is 12.7 Å². The number of rotatable bonds is 5. The number of anilines is 3. The van der Waals surface area contributed by atoms with Gasteiger partial charge in [0.05, 0.1) is 12.2 Å². The summed E-state index contributed by atoms with van der Waals surface area (Å²) in [5.41, 5.74) is 1.57. The van der Waals surface area contributed by atoms with Crippen LogP contribution in [0.1, 0.15) is 30.3 Å². The molecule has 11 heteroatoms. The minimum absolute atomic E-state index is 0.0675. The van der Waals surface area contributed by atoms with Crippen molar-refractivity contribution in [3.05, 3.63) is 47.2 Å². The average Bonchev–Trinajstić information content (AvgIpc) is 3.50. The molecule has 1 fully saturated rings. The topological polar surface area (TPSA) is 109 Å². The molecule has 0 spiro atoms. The second-order valence-electron chi connectivity index (χ2n) is 6.73. The Morgan fingerprint density at radius 3 is 3.07 bits per heavy atom. The number of thiazole rings is 1. The number of nitrogens with zero attached hydrogens (tertiary/aromatic N) is 6. The third kappa shape index (κ3) is 3.44. The Kier molecular flexibility index (Phi) is 4.43. The highest BCUT2D eigenvalue weighted by atomic mass is 32.1. The van der Waals surface area contributed by atoms with Crippen LogP contribution in [0.3, 0.4) is 0 Å². The molecule has 5 rings (SSSR count). The smallest absolute Gasteiger partial charge is 0.228 e. The molecule has 5 heterocycles. The third-order valence-corrected chi connectivity index (χ3v) is 5.50. The summed E-state index contributed by atoms with van der Waals surface area (Å²) < 4.78 is 19.8. The van der Waals surface area contributed by atoms with Crippen LogP contribution >= 0.6 is 11.3 Å². The number of halogens is 1. The molecule has 0 aliphatic carbocycles. The second kappa shape index (κ2) is 7.24. The molecule has 0 amide bonds. The second-order valence-corrected chi connectivity index (χ2v) is 7.63. The number of aromatic amines is 1. The van der Waals surface area contributed by atoms with Gasteiger partial charge in [0, 0.05) is 35.9 Å². The zero-order valence-electron chi connectivity index (χ0n) is 15.5. The van der Waals surface area contributed by atoms with E-state index in [1.807, 2.05) is 23.3 Å². The van der Waals surface area contributed by atoms with E-state index in [1.165, 1.54) is 17.5 Å². The summed E-state index contributed by atoms with van der Waals surface area (Å²) >= 11 is 1.50. The van der Waals surface area contributed by atoms with E-state index in [-0.39, 0.29) is 11.9 Å². The fourth-order valence-corrected chi connectivity index (χ4v) is 3.98. The van der Waals surface area contributed by atoms with E-state index in [4.69, 9.17) is 4.52 Å². The standard InChI is InChI=1S/C18H17FN8OS/c1-10-7-15(25-24-10)22-16-11(19)9-21-18(23-16)27-5-2-3-13(27)14-8-12(26-28-14)17-20-4-6-29-17/h4,6-9,13H,2-3,5H2,1H3,(H2,21,22,23,24,25)/t13-/m0/s1. The van der Waals surface area contributed by atoms with Crippen LogP contribution in [-0.4, -0.2) is 36.9 Å². The molecule has 29 heavy (non-hydrogen) atoms. The van der Waals surface area contributed by atoms with E-state index in [1.54, 1.807) is 12.3 Å². The summed E-state index contributed by atoms with van der Waals surface area (Å²) in [5, 5.41) is 16.6. The molecular formula is C18H17FN8OS. The van der Waals surface area contributed by atoms with Crippen LogP contribution in [0.25, 0.3) is 10.7 Å². The summed E-state index contributed by atoms with van der Waals surface area (Å²) in [6, 6.07) is 3.60. The summed E-state index contributed by atoms with van der Waals surface area (Å²) in [6.45, 7) is 2.61. The summed E-state index contributed by atoms with van der Waals surface area (Å²) in [4.78, 5) is 14.9. The van der Waals surface area contributed by atoms with Crippen molar-refractivity contribution in [1.29, 1.82) is 0 Å². The normalized spacial score (nSPS) is 16.5. The highest BCUT2D eigenvalue weighted by molar-refractivity contribution is 7.13. The molecule has 4 aromatic heterocycles. The van der Waals surface area contributed by atoms with Crippen LogP contribution in [-0.2, 0) is 0 Å². The van der Waals surface area contributed by atoms with Gasteiger partial charge in [0.2, 0.25) is 5.95 Å². The highest BCUT2D eigenvalue weighted by Crippen LogP contribution is 2.36. The van der Waals surface area contributed by atoms with E-state index in [2.05, 4.69) is 35.6 Å². The van der Waals surface area contributed by atoms with E-state index in [0.717, 1.165) is 35.8 Å². The first-order valence-electron chi connectivity index (χ1n) is 9.12. The quantitative estimate of drug-likeness (QED) is 0.509. The maximum absolute atomic E-state index is 14.3. The Morgan fingerprint density at radius 1 is 1.34 bits per heavy atom. The number of hydrogen-bond donors (Lipinski definition) is 2. The summed E-state index contributed by atoms with van der Waals surface area (Å²) in [5.74, 6) is 1.17. The van der Waals surface area contributed by atoms with Gasteiger partial charge < -0.3 is 14.7 Å². The minimum atomic E-state index is -0.545. The number of aryl methyl sites for hydroxylation is 1. The number of aromatic nitrogens is 6. The lowest BCUT2D eigenvalue weighted by Crippen LogP contribution is -2.24. The summed E-state index contributed by atoms with van der Waals surface area (Å²) in [7, 11) is 0. The molecule has 148 valence electrons. The molecule has 9 nitrogen and oxygen atoms in total. The molecule has 4 aromatic rings. The maximum atomic E-state index is 14.3. The van der Waals surface area contributed by atoms with Crippen LogP contribution in [0.2, 0.25) is 0 Å². The van der Waals surface area contributed by atoms with E-state index < -0.39 is 5.82 Å². The zero-order chi connectivity index (χ0) is 19.8. The molecular weight excluding hydrogens is 395 g/mol. The van der Waals surface area contributed by atoms with Gasteiger partial charge in [-0.2, -0.15) is 10.1 Å². The SMILES string of the molecule is Cc1cc(Nc2nc(N3CCC[C@H]3c3cc(-c4nccs4)no3)ncc2F)n[nH]1. The Bertz CT molecular complexity index is 1120. The van der Waals surface area contributed by atoms with Crippen LogP contribution in [0.15, 0.2) is 34.4 Å². The lowest BCUT2D eigenvalue weighted by molar-refractivity contribution is 0.362. The van der Waals surface area contributed by atoms with Crippen molar-refractivity contribution in [1.82, 2.24) is 30.3 Å². The van der Waals surface area contributed by atoms with Crippen molar-refractivity contribution in [2.24, 2.45) is 0 Å². The summed E-state index contributed by atoms with van der Waals surface area (Å²) in [6.07, 6.45) is 4.72. The van der Waals surface area contributed by atoms with Gasteiger partial charge in [-0.25, -0.2) is 14.4 Å². The molecule has 0 aromatic carbocycles. The highest BCUT2D eigenvalue weighted by Gasteiger charge is 2.32. The van der Waals surface area contributed by atoms with Gasteiger partial charge in [-0.05, 0) is 19.8 Å². The number of hydrogen-bond acceptors (Lipinski definition) is 9. The molecule has 0 radical (unpaired) electrons. The van der Waals surface area contributed by atoms with Gasteiger partial charge in [-0.1, -0.05) is 5.16 Å². The van der Waals surface area contributed by atoms with Gasteiger partial charge in [-0.15, -0.1) is 11.3 Å². The van der Waals surface area contributed by atoms with Crippen molar-refractivity contribution in [3.63, 3.8) is 0 Å². The lowest BCUT2D eigenvalue weighted by atomic mass is 10.1. The predicted octanol–water partition coefficient (Wildman–Crippen LogP) is 3.84. The molecule has 2 N–H and O–H groups in total. The Hall–Kier alpha value is -3.34. The van der Waals surface area contributed by atoms with Gasteiger partial charge >= 0.3 is 0 Å². The Morgan fingerprint density at radius 2 is 2.28 bits per heavy atom. The van der Waals surface area contributed by atoms with Gasteiger partial charge in [-0.3, -0.25) is 5.10 Å². The van der Waals surface area contributed by atoms with Crippen molar-refractivity contribution in [3.8, 4) is 10.7 Å². The first-order valence-corrected chi connectivity index (χ1v) is 10.00. The minimum Gasteiger partial charge on any atom is -0.358 e. The van der Waals surface area contributed by atoms with Gasteiger partial charge in [0.15, 0.2) is 23.2 Å². The molecule has 1 atom stereocenters. The van der Waals surface area contributed by atoms with Crippen LogP contribution in [0.5, 0.6) is 0 Å². The third-order valence-electron chi connectivity index (χ3n) is 4.70. The first kappa shape index (κ1) is 17.7. The molecule has 1 saturated heterocycles. The van der Waals surface area contributed by atoms with Crippen molar-refractivity contribution >= 4 is 28.9 Å². The Labute approximate surface area is 169 Å². The molecule has 1 aliphatic heterocycles. The number of nitrogens with one attached hydrogen (secondary N) is 2.